The van der Waals surface area contributed by atoms with Crippen LogP contribution in [0.2, 0.25) is 0 Å². The lowest BCUT2D eigenvalue weighted by molar-refractivity contribution is 0.134. The van der Waals surface area contributed by atoms with Gasteiger partial charge in [-0.15, -0.1) is 0 Å². The van der Waals surface area contributed by atoms with Crippen molar-refractivity contribution >= 4 is 0 Å². The van der Waals surface area contributed by atoms with Gasteiger partial charge in [-0.3, -0.25) is 0 Å². The molecule has 0 aliphatic heterocycles. The summed E-state index contributed by atoms with van der Waals surface area (Å²) in [6, 6.07) is 0. The zero-order chi connectivity index (χ0) is 13.0. The molecule has 1 nitrogen and oxygen atoms in total. The van der Waals surface area contributed by atoms with E-state index in [0.717, 1.165) is 30.6 Å². The summed E-state index contributed by atoms with van der Waals surface area (Å²) >= 11 is 0. The fourth-order valence-electron chi connectivity index (χ4n) is 5.60. The average Bonchev–Trinajstić information content (AvgIpc) is 2.80. The van der Waals surface area contributed by atoms with Crippen LogP contribution in [0.3, 0.4) is 0 Å². The lowest BCUT2D eigenvalue weighted by Gasteiger charge is -2.45. The van der Waals surface area contributed by atoms with Crippen LogP contribution in [0.15, 0.2) is 22.3 Å². The Hall–Kier alpha value is -0.560. The normalized spacial score (nSPS) is 42.0. The lowest BCUT2D eigenvalue weighted by Crippen LogP contribution is -2.35. The van der Waals surface area contributed by atoms with E-state index in [-0.39, 0.29) is 6.10 Å². The highest BCUT2D eigenvalue weighted by atomic mass is 16.3. The molecule has 4 aliphatic rings. The predicted molar refractivity (Wildman–Crippen MR) is 77.8 cm³/mol. The van der Waals surface area contributed by atoms with Gasteiger partial charge in [0.15, 0.2) is 0 Å². The predicted octanol–water partition coefficient (Wildman–Crippen LogP) is 4.37. The second kappa shape index (κ2) is 4.48. The third-order valence-electron chi connectivity index (χ3n) is 6.49. The molecule has 0 radical (unpaired) electrons. The van der Waals surface area contributed by atoms with Crippen molar-refractivity contribution in [2.24, 2.45) is 17.8 Å². The lowest BCUT2D eigenvalue weighted by atomic mass is 9.60. The van der Waals surface area contributed by atoms with Crippen molar-refractivity contribution in [3.05, 3.63) is 22.3 Å². The number of hydrogen-bond acceptors (Lipinski definition) is 1. The fraction of sp³-hybridized carbons (Fsp3) is 0.778. The molecule has 4 rings (SSSR count). The van der Waals surface area contributed by atoms with Gasteiger partial charge in [-0.2, -0.15) is 0 Å². The molecule has 3 unspecified atom stereocenters. The van der Waals surface area contributed by atoms with Crippen LogP contribution in [0.25, 0.3) is 0 Å². The van der Waals surface area contributed by atoms with Crippen LogP contribution in [0, 0.1) is 17.8 Å². The van der Waals surface area contributed by atoms with E-state index >= 15 is 0 Å². The van der Waals surface area contributed by atoms with Crippen molar-refractivity contribution in [1.29, 1.82) is 0 Å². The molecule has 0 aromatic carbocycles. The number of aliphatic hydroxyl groups is 1. The minimum absolute atomic E-state index is 0.0388. The van der Waals surface area contributed by atoms with E-state index in [1.165, 1.54) is 44.9 Å². The zero-order valence-electron chi connectivity index (χ0n) is 12.1. The van der Waals surface area contributed by atoms with Crippen molar-refractivity contribution in [3.8, 4) is 0 Å². The van der Waals surface area contributed by atoms with Crippen molar-refractivity contribution in [3.63, 3.8) is 0 Å². The molecule has 0 spiro atoms. The molecule has 1 fully saturated rings. The molecule has 0 aromatic heterocycles. The van der Waals surface area contributed by atoms with Crippen LogP contribution >= 0.6 is 0 Å². The van der Waals surface area contributed by atoms with E-state index in [9.17, 15) is 5.11 Å². The molecule has 1 saturated carbocycles. The van der Waals surface area contributed by atoms with Crippen LogP contribution in [0.5, 0.6) is 0 Å². The maximum atomic E-state index is 9.89. The monoisotopic (exact) mass is 258 g/mol. The highest BCUT2D eigenvalue weighted by Gasteiger charge is 2.43. The third-order valence-corrected chi connectivity index (χ3v) is 6.49. The van der Waals surface area contributed by atoms with Crippen LogP contribution in [0.4, 0.5) is 0 Å². The van der Waals surface area contributed by atoms with Crippen LogP contribution in [0.1, 0.15) is 64.7 Å². The number of rotatable bonds is 0. The Labute approximate surface area is 116 Å². The Balaban J connectivity index is 1.64. The standard InChI is InChI=1S/C18H26O/c1-11-2-5-16-14(11)8-9-17-15-7-4-13(19)10-12(15)3-6-18(16)17/h13,16-19H,2-10H2,1H3/t13-,16?,17?,18?/m0/s1. The Kier molecular flexibility index (Phi) is 2.88. The summed E-state index contributed by atoms with van der Waals surface area (Å²) in [6.07, 6.45) is 11.4. The summed E-state index contributed by atoms with van der Waals surface area (Å²) in [5.41, 5.74) is 7.02. The van der Waals surface area contributed by atoms with Gasteiger partial charge in [-0.05, 0) is 82.5 Å². The Morgan fingerprint density at radius 2 is 1.58 bits per heavy atom. The molecule has 0 saturated heterocycles. The molecule has 0 amide bonds. The smallest absolute Gasteiger partial charge is 0.0580 e. The maximum Gasteiger partial charge on any atom is 0.0580 e. The second-order valence-corrected chi connectivity index (χ2v) is 7.32. The first kappa shape index (κ1) is 12.2. The van der Waals surface area contributed by atoms with Gasteiger partial charge >= 0.3 is 0 Å². The summed E-state index contributed by atoms with van der Waals surface area (Å²) in [4.78, 5) is 0. The summed E-state index contributed by atoms with van der Waals surface area (Å²) < 4.78 is 0. The van der Waals surface area contributed by atoms with Gasteiger partial charge in [0, 0.05) is 0 Å². The molecular weight excluding hydrogens is 232 g/mol. The summed E-state index contributed by atoms with van der Waals surface area (Å²) in [7, 11) is 0. The van der Waals surface area contributed by atoms with E-state index in [1.54, 1.807) is 16.7 Å². The van der Waals surface area contributed by atoms with Crippen molar-refractivity contribution < 1.29 is 5.11 Å². The Morgan fingerprint density at radius 1 is 0.842 bits per heavy atom. The second-order valence-electron chi connectivity index (χ2n) is 7.32. The maximum absolute atomic E-state index is 9.89. The minimum atomic E-state index is -0.0388. The summed E-state index contributed by atoms with van der Waals surface area (Å²) in [5, 5.41) is 9.89. The molecule has 1 N–H and O–H groups in total. The quantitative estimate of drug-likeness (QED) is 0.639. The third kappa shape index (κ3) is 1.85. The topological polar surface area (TPSA) is 20.2 Å². The SMILES string of the molecule is CC1=C2CCC3C4=C(CCC3C2CC1)C[C@@H](O)CC4. The molecule has 4 aliphatic carbocycles. The molecule has 0 bridgehead atoms. The van der Waals surface area contributed by atoms with Crippen molar-refractivity contribution in [2.75, 3.05) is 0 Å². The zero-order valence-corrected chi connectivity index (χ0v) is 12.1. The highest BCUT2D eigenvalue weighted by molar-refractivity contribution is 5.32. The first-order chi connectivity index (χ1) is 9.24. The van der Waals surface area contributed by atoms with E-state index in [0.29, 0.717) is 0 Å². The van der Waals surface area contributed by atoms with E-state index < -0.39 is 0 Å². The van der Waals surface area contributed by atoms with Crippen LogP contribution in [-0.2, 0) is 0 Å². The van der Waals surface area contributed by atoms with E-state index in [2.05, 4.69) is 6.92 Å². The molecule has 19 heavy (non-hydrogen) atoms. The summed E-state index contributed by atoms with van der Waals surface area (Å²) in [6.45, 7) is 2.38. The molecular formula is C18H26O. The number of fused-ring (bicyclic) bond motifs is 4. The minimum Gasteiger partial charge on any atom is -0.393 e. The van der Waals surface area contributed by atoms with Gasteiger partial charge < -0.3 is 5.11 Å². The highest BCUT2D eigenvalue weighted by Crippen LogP contribution is 2.55. The van der Waals surface area contributed by atoms with Gasteiger partial charge in [-0.1, -0.05) is 22.3 Å². The average molecular weight is 258 g/mol. The number of allylic oxidation sites excluding steroid dienone is 3. The van der Waals surface area contributed by atoms with Crippen molar-refractivity contribution in [2.45, 2.75) is 70.8 Å². The van der Waals surface area contributed by atoms with Gasteiger partial charge in [0.05, 0.1) is 6.10 Å². The van der Waals surface area contributed by atoms with Crippen LogP contribution < -0.4 is 0 Å². The van der Waals surface area contributed by atoms with E-state index in [1.807, 2.05) is 5.57 Å². The Bertz CT molecular complexity index is 456. The summed E-state index contributed by atoms with van der Waals surface area (Å²) in [5.74, 6) is 2.77. The molecule has 0 aromatic rings. The fourth-order valence-corrected chi connectivity index (χ4v) is 5.60. The van der Waals surface area contributed by atoms with Gasteiger partial charge in [0.1, 0.15) is 0 Å². The number of aliphatic hydroxyl groups excluding tert-OH is 1. The molecule has 104 valence electrons. The Morgan fingerprint density at radius 3 is 2.47 bits per heavy atom. The first-order valence-electron chi connectivity index (χ1n) is 8.31. The molecule has 4 atom stereocenters. The largest absolute Gasteiger partial charge is 0.393 e. The first-order valence-corrected chi connectivity index (χ1v) is 8.31. The molecule has 1 heteroatoms. The number of hydrogen-bond donors (Lipinski definition) is 1. The van der Waals surface area contributed by atoms with Crippen molar-refractivity contribution in [1.82, 2.24) is 0 Å². The van der Waals surface area contributed by atoms with Crippen LogP contribution in [-0.4, -0.2) is 11.2 Å². The van der Waals surface area contributed by atoms with Gasteiger partial charge in [0.25, 0.3) is 0 Å². The van der Waals surface area contributed by atoms with Gasteiger partial charge in [0.2, 0.25) is 0 Å². The van der Waals surface area contributed by atoms with Gasteiger partial charge in [-0.25, -0.2) is 0 Å². The molecule has 0 heterocycles. The van der Waals surface area contributed by atoms with E-state index in [4.69, 9.17) is 0 Å².